The summed E-state index contributed by atoms with van der Waals surface area (Å²) in [5.41, 5.74) is -2.01. The van der Waals surface area contributed by atoms with Gasteiger partial charge in [-0.05, 0) is 24.6 Å². The summed E-state index contributed by atoms with van der Waals surface area (Å²) in [5, 5.41) is 0.504. The maximum Gasteiger partial charge on any atom is 0.475 e. The molecule has 12 nitrogen and oxygen atoms in total. The number of methoxy groups -OCH3 is 1. The van der Waals surface area contributed by atoms with Gasteiger partial charge in [-0.1, -0.05) is 23.7 Å². The lowest BCUT2D eigenvalue weighted by Crippen LogP contribution is -2.50. The molecule has 0 amide bonds. The Morgan fingerprint density at radius 1 is 1.33 bits per heavy atom. The van der Waals surface area contributed by atoms with Crippen LogP contribution in [0.25, 0.3) is 0 Å². The first-order valence-electron chi connectivity index (χ1n) is 11.1. The van der Waals surface area contributed by atoms with Gasteiger partial charge in [0.2, 0.25) is 0 Å². The Kier molecular flexibility index (Phi) is 7.86. The van der Waals surface area contributed by atoms with Crippen molar-refractivity contribution < 1.29 is 37.1 Å². The molecular weight excluding hydrogens is 519 g/mol. The normalized spacial score (nSPS) is 32.3. The van der Waals surface area contributed by atoms with Crippen LogP contribution >= 0.6 is 19.4 Å². The second-order valence-corrected chi connectivity index (χ2v) is 10.5. The van der Waals surface area contributed by atoms with Gasteiger partial charge in [-0.15, -0.1) is 0 Å². The van der Waals surface area contributed by atoms with E-state index in [0.29, 0.717) is 17.0 Å². The van der Waals surface area contributed by atoms with Crippen molar-refractivity contribution >= 4 is 25.4 Å². The second kappa shape index (κ2) is 10.6. The Labute approximate surface area is 211 Å². The lowest BCUT2D eigenvalue weighted by molar-refractivity contribution is -0.166. The van der Waals surface area contributed by atoms with Gasteiger partial charge in [0.1, 0.15) is 11.7 Å². The van der Waals surface area contributed by atoms with Crippen molar-refractivity contribution in [1.82, 2.24) is 9.55 Å². The van der Waals surface area contributed by atoms with Gasteiger partial charge in [-0.3, -0.25) is 32.7 Å². The number of hydrogen-bond acceptors (Lipinski definition) is 10. The molecule has 0 aliphatic carbocycles. The zero-order valence-electron chi connectivity index (χ0n) is 19.7. The number of aromatic nitrogens is 2. The van der Waals surface area contributed by atoms with E-state index in [-0.39, 0.29) is 13.2 Å². The highest BCUT2D eigenvalue weighted by Crippen LogP contribution is 2.57. The van der Waals surface area contributed by atoms with Crippen LogP contribution in [0.4, 0.5) is 0 Å². The van der Waals surface area contributed by atoms with Gasteiger partial charge in [-0.25, -0.2) is 9.36 Å². The molecule has 14 heteroatoms. The molecule has 0 saturated carbocycles. The number of rotatable bonds is 7. The molecule has 196 valence electrons. The molecule has 2 unspecified atom stereocenters. The molecule has 2 fully saturated rings. The van der Waals surface area contributed by atoms with Crippen LogP contribution < -0.4 is 11.2 Å². The number of carbonyl (C=O) groups is 1. The van der Waals surface area contributed by atoms with E-state index in [4.69, 9.17) is 39.4 Å². The van der Waals surface area contributed by atoms with E-state index in [1.807, 2.05) is 0 Å². The first kappa shape index (κ1) is 26.7. The van der Waals surface area contributed by atoms with Crippen LogP contribution in [-0.2, 0) is 37.1 Å². The zero-order chi connectivity index (χ0) is 26.1. The number of halogens is 1. The smallest absolute Gasteiger partial charge is 0.456 e. The monoisotopic (exact) mass is 544 g/mol. The number of benzene rings is 1. The van der Waals surface area contributed by atoms with Gasteiger partial charge >= 0.3 is 19.5 Å². The van der Waals surface area contributed by atoms with Crippen molar-refractivity contribution in [1.29, 1.82) is 0 Å². The van der Waals surface area contributed by atoms with E-state index < -0.39 is 55.2 Å². The number of esters is 1. The van der Waals surface area contributed by atoms with E-state index in [0.717, 1.165) is 10.6 Å². The average molecular weight is 545 g/mol. The molecule has 2 aliphatic heterocycles. The number of aromatic amines is 1. The highest BCUT2D eigenvalue weighted by molar-refractivity contribution is 7.48. The van der Waals surface area contributed by atoms with Gasteiger partial charge in [0.15, 0.2) is 12.3 Å². The molecule has 1 N–H and O–H groups in total. The van der Waals surface area contributed by atoms with Crippen LogP contribution in [0.1, 0.15) is 38.2 Å². The maximum atomic E-state index is 13.3. The minimum Gasteiger partial charge on any atom is -0.456 e. The number of phosphoric acid groups is 1. The SMILES string of the molecule is CO[C@]1(C)[C@H](OC(C)=O)[C@@H](COP2(=O)OCCC(c3cccc(Cl)c3)O2)O[C@H]1n1ccc(=O)[nH]c1=O. The quantitative estimate of drug-likeness (QED) is 0.408. The molecule has 6 atom stereocenters. The number of hydrogen-bond donors (Lipinski definition) is 1. The fraction of sp³-hybridized carbons (Fsp3) is 0.500. The molecule has 2 aromatic rings. The Balaban J connectivity index is 1.56. The zero-order valence-corrected chi connectivity index (χ0v) is 21.4. The summed E-state index contributed by atoms with van der Waals surface area (Å²) in [6.07, 6.45) is -2.15. The number of H-pyrrole nitrogens is 1. The molecular formula is C22H26ClN2O10P. The van der Waals surface area contributed by atoms with Crippen molar-refractivity contribution in [2.75, 3.05) is 20.3 Å². The Morgan fingerprint density at radius 3 is 2.78 bits per heavy atom. The van der Waals surface area contributed by atoms with Crippen LogP contribution in [0.15, 0.2) is 46.1 Å². The molecule has 1 aromatic heterocycles. The van der Waals surface area contributed by atoms with Gasteiger partial charge < -0.3 is 14.2 Å². The highest BCUT2D eigenvalue weighted by atomic mass is 35.5. The number of phosphoric ester groups is 1. The first-order valence-corrected chi connectivity index (χ1v) is 12.9. The van der Waals surface area contributed by atoms with Gasteiger partial charge in [0.25, 0.3) is 5.56 Å². The molecule has 4 rings (SSSR count). The number of nitrogens with one attached hydrogen (secondary N) is 1. The molecule has 36 heavy (non-hydrogen) atoms. The second-order valence-electron chi connectivity index (χ2n) is 8.48. The number of carbonyl (C=O) groups excluding carboxylic acids is 1. The van der Waals surface area contributed by atoms with Crippen molar-refractivity contribution in [3.05, 3.63) is 68.0 Å². The lowest BCUT2D eigenvalue weighted by Gasteiger charge is -2.33. The van der Waals surface area contributed by atoms with Gasteiger partial charge in [0, 0.05) is 37.7 Å². The summed E-state index contributed by atoms with van der Waals surface area (Å²) in [6, 6.07) is 8.10. The van der Waals surface area contributed by atoms with E-state index in [2.05, 4.69) is 4.98 Å². The van der Waals surface area contributed by atoms with Crippen molar-refractivity contribution in [2.45, 2.75) is 50.4 Å². The fourth-order valence-corrected chi connectivity index (χ4v) is 5.82. The topological polar surface area (TPSA) is 144 Å². The summed E-state index contributed by atoms with van der Waals surface area (Å²) in [4.78, 5) is 38.0. The van der Waals surface area contributed by atoms with E-state index in [9.17, 15) is 18.9 Å². The third kappa shape index (κ3) is 5.50. The van der Waals surface area contributed by atoms with Crippen molar-refractivity contribution in [3.8, 4) is 0 Å². The minimum atomic E-state index is -4.04. The molecule has 0 radical (unpaired) electrons. The third-order valence-electron chi connectivity index (χ3n) is 6.04. The molecule has 3 heterocycles. The van der Waals surface area contributed by atoms with E-state index >= 15 is 0 Å². The summed E-state index contributed by atoms with van der Waals surface area (Å²) < 4.78 is 48.1. The maximum absolute atomic E-state index is 13.3. The van der Waals surface area contributed by atoms with Crippen LogP contribution in [0.5, 0.6) is 0 Å². The number of nitrogens with zero attached hydrogens (tertiary/aromatic N) is 1. The first-order chi connectivity index (χ1) is 17.0. The Morgan fingerprint density at radius 2 is 2.11 bits per heavy atom. The van der Waals surface area contributed by atoms with Crippen LogP contribution in [0.2, 0.25) is 5.02 Å². The summed E-state index contributed by atoms with van der Waals surface area (Å²) >= 11 is 6.06. The van der Waals surface area contributed by atoms with Crippen molar-refractivity contribution in [2.24, 2.45) is 0 Å². The number of ether oxygens (including phenoxy) is 3. The molecule has 2 saturated heterocycles. The lowest BCUT2D eigenvalue weighted by atomic mass is 9.95. The van der Waals surface area contributed by atoms with Crippen LogP contribution in [0.3, 0.4) is 0 Å². The fourth-order valence-electron chi connectivity index (χ4n) is 4.23. The van der Waals surface area contributed by atoms with E-state index in [1.54, 1.807) is 31.2 Å². The van der Waals surface area contributed by atoms with Gasteiger partial charge in [-0.2, -0.15) is 0 Å². The third-order valence-corrected chi connectivity index (χ3v) is 7.75. The largest absolute Gasteiger partial charge is 0.475 e. The molecule has 1 aromatic carbocycles. The molecule has 0 bridgehead atoms. The predicted octanol–water partition coefficient (Wildman–Crippen LogP) is 2.73. The van der Waals surface area contributed by atoms with Crippen LogP contribution in [-0.4, -0.2) is 53.7 Å². The van der Waals surface area contributed by atoms with Gasteiger partial charge in [0.05, 0.1) is 19.3 Å². The average Bonchev–Trinajstić information content (AvgIpc) is 3.09. The summed E-state index contributed by atoms with van der Waals surface area (Å²) in [6.45, 7) is 2.51. The molecule has 2 aliphatic rings. The Hall–Kier alpha value is -2.31. The highest BCUT2D eigenvalue weighted by Gasteiger charge is 2.58. The summed E-state index contributed by atoms with van der Waals surface area (Å²) in [7, 11) is -2.68. The summed E-state index contributed by atoms with van der Waals surface area (Å²) in [5.74, 6) is -0.635. The van der Waals surface area contributed by atoms with E-state index in [1.165, 1.54) is 20.2 Å². The predicted molar refractivity (Wildman–Crippen MR) is 126 cm³/mol. The minimum absolute atomic E-state index is 0.110. The Bertz CT molecular complexity index is 1280. The standard InChI is InChI=1S/C22H26ClN2O10P/c1-13(26)33-19-17(34-20(22(19,2)30-3)25-9-7-18(27)24-21(25)28)12-32-36(29)31-10-8-16(35-36)14-5-4-6-15(23)11-14/h4-7,9,11,16-17,19-20H,8,10,12H2,1-3H3,(H,24,27,28)/t16?,17-,19-,20-,22-,36?/m1/s1. The van der Waals surface area contributed by atoms with Crippen LogP contribution in [0, 0.1) is 0 Å². The van der Waals surface area contributed by atoms with Crippen molar-refractivity contribution in [3.63, 3.8) is 0 Å². The molecule has 0 spiro atoms.